The molecule has 3 heterocycles. The number of fused-ring (bicyclic) bond motifs is 3. The van der Waals surface area contributed by atoms with E-state index >= 15 is 0 Å². The van der Waals surface area contributed by atoms with Gasteiger partial charge in [-0.2, -0.15) is 0 Å². The Morgan fingerprint density at radius 1 is 0.885 bits per heavy atom. The lowest BCUT2D eigenvalue weighted by molar-refractivity contribution is -0.242. The zero-order valence-corrected chi connectivity index (χ0v) is 15.4. The summed E-state index contributed by atoms with van der Waals surface area (Å²) in [6, 6.07) is 0. The number of methoxy groups -OCH3 is 1. The summed E-state index contributed by atoms with van der Waals surface area (Å²) in [6.45, 7) is 7.08. The highest BCUT2D eigenvalue weighted by Crippen LogP contribution is 2.44. The van der Waals surface area contributed by atoms with Gasteiger partial charge in [-0.15, -0.1) is 0 Å². The first-order valence-corrected chi connectivity index (χ1v) is 8.40. The van der Waals surface area contributed by atoms with Crippen LogP contribution in [0.5, 0.6) is 0 Å². The van der Waals surface area contributed by atoms with Crippen molar-refractivity contribution in [2.75, 3.05) is 13.7 Å². The fourth-order valence-electron chi connectivity index (χ4n) is 3.24. The van der Waals surface area contributed by atoms with Gasteiger partial charge in [0.15, 0.2) is 17.9 Å². The van der Waals surface area contributed by atoms with Crippen molar-refractivity contribution in [3.63, 3.8) is 0 Å². The Bertz CT molecular complexity index is 597. The first-order chi connectivity index (χ1) is 12.1. The highest BCUT2D eigenvalue weighted by Gasteiger charge is 2.60. The summed E-state index contributed by atoms with van der Waals surface area (Å²) in [5.74, 6) is -2.98. The third-order valence-corrected chi connectivity index (χ3v) is 4.20. The van der Waals surface area contributed by atoms with Gasteiger partial charge in [0, 0.05) is 12.2 Å². The molecule has 3 saturated heterocycles. The molecule has 0 saturated carbocycles. The van der Waals surface area contributed by atoms with Crippen LogP contribution in [-0.4, -0.2) is 67.9 Å². The molecule has 0 aromatic carbocycles. The number of ether oxygens (including phenoxy) is 7. The molecule has 0 spiro atoms. The van der Waals surface area contributed by atoms with Crippen molar-refractivity contribution in [3.05, 3.63) is 12.2 Å². The van der Waals surface area contributed by atoms with Crippen molar-refractivity contribution in [1.29, 1.82) is 0 Å². The predicted molar refractivity (Wildman–Crippen MR) is 84.6 cm³/mol. The van der Waals surface area contributed by atoms with Crippen LogP contribution in [0.2, 0.25) is 0 Å². The van der Waals surface area contributed by atoms with Gasteiger partial charge >= 0.3 is 11.9 Å². The summed E-state index contributed by atoms with van der Waals surface area (Å²) in [5.41, 5.74) is 0. The second-order valence-corrected chi connectivity index (χ2v) is 7.19. The van der Waals surface area contributed by atoms with Crippen molar-refractivity contribution in [2.24, 2.45) is 0 Å². The Morgan fingerprint density at radius 3 is 2.15 bits per heavy atom. The minimum absolute atomic E-state index is 0.0854. The molecule has 0 radical (unpaired) electrons. The summed E-state index contributed by atoms with van der Waals surface area (Å²) < 4.78 is 39.0. The van der Waals surface area contributed by atoms with E-state index in [-0.39, 0.29) is 6.61 Å². The molecule has 0 aromatic heterocycles. The maximum Gasteiger partial charge on any atom is 0.331 e. The molecule has 0 N–H and O–H groups in total. The smallest absolute Gasteiger partial charge is 0.331 e. The fraction of sp³-hybridized carbons (Fsp3) is 0.765. The predicted octanol–water partition coefficient (Wildman–Crippen LogP) is 0.655. The van der Waals surface area contributed by atoms with E-state index in [1.807, 2.05) is 0 Å². The van der Waals surface area contributed by atoms with Crippen LogP contribution in [0.1, 0.15) is 27.7 Å². The monoisotopic (exact) mass is 372 g/mol. The van der Waals surface area contributed by atoms with Crippen LogP contribution < -0.4 is 0 Å². The zero-order chi connectivity index (χ0) is 19.1. The van der Waals surface area contributed by atoms with Crippen LogP contribution in [-0.2, 0) is 42.7 Å². The van der Waals surface area contributed by atoms with Gasteiger partial charge in [0.05, 0.1) is 7.11 Å². The van der Waals surface area contributed by atoms with Gasteiger partial charge in [0.25, 0.3) is 0 Å². The molecule has 146 valence electrons. The lowest BCUT2D eigenvalue weighted by Gasteiger charge is -2.36. The third-order valence-electron chi connectivity index (χ3n) is 4.20. The number of carbonyl (C=O) groups excluding carboxylic acids is 2. The van der Waals surface area contributed by atoms with Gasteiger partial charge in [0.2, 0.25) is 0 Å². The highest BCUT2D eigenvalue weighted by atomic mass is 16.9. The highest BCUT2D eigenvalue weighted by molar-refractivity contribution is 5.91. The van der Waals surface area contributed by atoms with Gasteiger partial charge in [-0.25, -0.2) is 9.59 Å². The van der Waals surface area contributed by atoms with Gasteiger partial charge in [-0.3, -0.25) is 0 Å². The molecule has 3 rings (SSSR count). The van der Waals surface area contributed by atoms with E-state index in [1.54, 1.807) is 27.7 Å². The van der Waals surface area contributed by atoms with E-state index in [4.69, 9.17) is 28.4 Å². The molecule has 9 heteroatoms. The van der Waals surface area contributed by atoms with Crippen LogP contribution in [0.3, 0.4) is 0 Å². The standard InChI is InChI=1S/C17H24O9/c1-16(2)23-12-9(8-21-11(19)7-6-10(18)20-5)22-15-14(13(12)24-16)25-17(3,4)26-15/h6-7,9,12-15H,8H2,1-5H3/b7-6+/t9-,12+,13+,14-,15-/m1/s1. The topological polar surface area (TPSA) is 98.8 Å². The Kier molecular flexibility index (Phi) is 5.11. The maximum atomic E-state index is 11.8. The van der Waals surface area contributed by atoms with Crippen LogP contribution >= 0.6 is 0 Å². The maximum absolute atomic E-state index is 11.8. The summed E-state index contributed by atoms with van der Waals surface area (Å²) in [5, 5.41) is 0. The number of hydrogen-bond donors (Lipinski definition) is 0. The summed E-state index contributed by atoms with van der Waals surface area (Å²) in [6.07, 6.45) is -0.626. The minimum atomic E-state index is -0.823. The minimum Gasteiger partial charge on any atom is -0.466 e. The van der Waals surface area contributed by atoms with E-state index in [1.165, 1.54) is 7.11 Å². The lowest BCUT2D eigenvalue weighted by atomic mass is 9.99. The molecule has 9 nitrogen and oxygen atoms in total. The summed E-state index contributed by atoms with van der Waals surface area (Å²) in [7, 11) is 1.22. The number of esters is 2. The average Bonchev–Trinajstić information content (AvgIpc) is 3.04. The third kappa shape index (κ3) is 4.07. The van der Waals surface area contributed by atoms with E-state index in [0.29, 0.717) is 0 Å². The Labute approximate surface area is 151 Å². The number of hydrogen-bond acceptors (Lipinski definition) is 9. The average molecular weight is 372 g/mol. The molecule has 0 aliphatic carbocycles. The summed E-state index contributed by atoms with van der Waals surface area (Å²) in [4.78, 5) is 22.8. The van der Waals surface area contributed by atoms with Gasteiger partial charge < -0.3 is 33.2 Å². The van der Waals surface area contributed by atoms with Gasteiger partial charge in [0.1, 0.15) is 31.0 Å². The van der Waals surface area contributed by atoms with E-state index in [9.17, 15) is 9.59 Å². The fourth-order valence-corrected chi connectivity index (χ4v) is 3.24. The van der Waals surface area contributed by atoms with Crippen molar-refractivity contribution in [2.45, 2.75) is 70.0 Å². The first kappa shape index (κ1) is 19.2. The summed E-state index contributed by atoms with van der Waals surface area (Å²) >= 11 is 0. The number of carbonyl (C=O) groups is 2. The Balaban J connectivity index is 1.66. The molecular formula is C17H24O9. The molecule has 0 amide bonds. The normalized spacial score (nSPS) is 37.2. The lowest BCUT2D eigenvalue weighted by Crippen LogP contribution is -2.56. The molecule has 0 aromatic rings. The van der Waals surface area contributed by atoms with Gasteiger partial charge in [-0.05, 0) is 27.7 Å². The Morgan fingerprint density at radius 2 is 1.46 bits per heavy atom. The molecule has 3 aliphatic rings. The van der Waals surface area contributed by atoms with E-state index in [0.717, 1.165) is 12.2 Å². The molecule has 0 unspecified atom stereocenters. The van der Waals surface area contributed by atoms with Gasteiger partial charge in [-0.1, -0.05) is 0 Å². The zero-order valence-electron chi connectivity index (χ0n) is 15.4. The van der Waals surface area contributed by atoms with Crippen molar-refractivity contribution in [3.8, 4) is 0 Å². The second-order valence-electron chi connectivity index (χ2n) is 7.19. The van der Waals surface area contributed by atoms with E-state index < -0.39 is 54.2 Å². The van der Waals surface area contributed by atoms with Crippen LogP contribution in [0, 0.1) is 0 Å². The molecule has 5 atom stereocenters. The van der Waals surface area contributed by atoms with Crippen LogP contribution in [0.15, 0.2) is 12.2 Å². The van der Waals surface area contributed by atoms with Crippen LogP contribution in [0.25, 0.3) is 0 Å². The van der Waals surface area contributed by atoms with Crippen molar-refractivity contribution in [1.82, 2.24) is 0 Å². The first-order valence-electron chi connectivity index (χ1n) is 8.40. The number of rotatable bonds is 4. The molecule has 0 bridgehead atoms. The second kappa shape index (κ2) is 6.90. The Hall–Kier alpha value is -1.52. The molecule has 3 fully saturated rings. The van der Waals surface area contributed by atoms with Crippen LogP contribution in [0.4, 0.5) is 0 Å². The van der Waals surface area contributed by atoms with E-state index in [2.05, 4.69) is 4.74 Å². The molecular weight excluding hydrogens is 348 g/mol. The largest absolute Gasteiger partial charge is 0.466 e. The van der Waals surface area contributed by atoms with Crippen molar-refractivity contribution >= 4 is 11.9 Å². The molecule has 3 aliphatic heterocycles. The SMILES string of the molecule is COC(=O)/C=C/C(=O)OC[C@H]1O[C@@H]2OC(C)(C)O[C@@H]2[C@H]2OC(C)(C)O[C@H]21. The molecule has 26 heavy (non-hydrogen) atoms. The quantitative estimate of drug-likeness (QED) is 0.520. The van der Waals surface area contributed by atoms with Crippen molar-refractivity contribution < 1.29 is 42.7 Å².